The van der Waals surface area contributed by atoms with Crippen molar-refractivity contribution in [1.29, 1.82) is 0 Å². The van der Waals surface area contributed by atoms with Crippen LogP contribution in [-0.2, 0) is 4.79 Å². The quantitative estimate of drug-likeness (QED) is 0.745. The van der Waals surface area contributed by atoms with E-state index in [9.17, 15) is 4.79 Å². The van der Waals surface area contributed by atoms with E-state index in [0.29, 0.717) is 28.1 Å². The number of aromatic nitrogens is 3. The zero-order chi connectivity index (χ0) is 18.3. The van der Waals surface area contributed by atoms with Gasteiger partial charge in [0, 0.05) is 16.3 Å². The molecule has 3 N–H and O–H groups in total. The monoisotopic (exact) mass is 365 g/mol. The van der Waals surface area contributed by atoms with E-state index in [0.717, 1.165) is 11.1 Å². The van der Waals surface area contributed by atoms with Crippen LogP contribution in [0.2, 0.25) is 5.02 Å². The van der Waals surface area contributed by atoms with Crippen LogP contribution in [0.1, 0.15) is 18.5 Å². The first-order valence-corrected chi connectivity index (χ1v) is 8.47. The summed E-state index contributed by atoms with van der Waals surface area (Å²) in [6.07, 6.45) is 0. The molecule has 1 aromatic heterocycles. The molecule has 1 aliphatic heterocycles. The van der Waals surface area contributed by atoms with Crippen molar-refractivity contribution >= 4 is 23.5 Å². The van der Waals surface area contributed by atoms with Crippen molar-refractivity contribution in [3.63, 3.8) is 0 Å². The first kappa shape index (κ1) is 16.4. The summed E-state index contributed by atoms with van der Waals surface area (Å²) in [5.74, 6) is 0.634. The first-order valence-electron chi connectivity index (χ1n) is 8.09. The Morgan fingerprint density at radius 3 is 2.50 bits per heavy atom. The molecule has 0 bridgehead atoms. The molecule has 0 fully saturated rings. The van der Waals surface area contributed by atoms with Gasteiger partial charge in [0.25, 0.3) is 0 Å². The summed E-state index contributed by atoms with van der Waals surface area (Å²) in [5.41, 5.74) is 8.53. The summed E-state index contributed by atoms with van der Waals surface area (Å²) in [4.78, 5) is 16.7. The van der Waals surface area contributed by atoms with Crippen LogP contribution >= 0.6 is 11.6 Å². The maximum atomic E-state index is 12.1. The Hall–Kier alpha value is -3.12. The van der Waals surface area contributed by atoms with Gasteiger partial charge in [0.1, 0.15) is 6.04 Å². The molecule has 0 saturated heterocycles. The highest BCUT2D eigenvalue weighted by atomic mass is 35.5. The number of nitrogens with two attached hydrogens (primary N) is 1. The number of allylic oxidation sites excluding steroid dienone is 1. The van der Waals surface area contributed by atoms with Crippen LogP contribution in [-0.4, -0.2) is 20.7 Å². The van der Waals surface area contributed by atoms with Crippen LogP contribution < -0.4 is 11.1 Å². The molecule has 130 valence electrons. The van der Waals surface area contributed by atoms with Crippen molar-refractivity contribution in [3.05, 3.63) is 76.5 Å². The lowest BCUT2D eigenvalue weighted by atomic mass is 9.95. The third-order valence-corrected chi connectivity index (χ3v) is 4.59. The van der Waals surface area contributed by atoms with Crippen LogP contribution in [0.5, 0.6) is 0 Å². The van der Waals surface area contributed by atoms with Crippen molar-refractivity contribution in [2.24, 2.45) is 5.73 Å². The molecule has 1 atom stereocenters. The maximum Gasteiger partial charge on any atom is 0.248 e. The second kappa shape index (κ2) is 6.31. The van der Waals surface area contributed by atoms with Crippen molar-refractivity contribution < 1.29 is 4.79 Å². The number of nitrogens with zero attached hydrogens (tertiary/aromatic N) is 3. The SMILES string of the molecule is CC1=C(C(N)=O)C(c2ccc(Cl)cc2)n2nc(-c3ccccc3)nc2N1. The van der Waals surface area contributed by atoms with Gasteiger partial charge < -0.3 is 11.1 Å². The minimum atomic E-state index is -0.502. The molecular weight excluding hydrogens is 350 g/mol. The largest absolute Gasteiger partial charge is 0.366 e. The van der Waals surface area contributed by atoms with Gasteiger partial charge in [-0.15, -0.1) is 5.10 Å². The summed E-state index contributed by atoms with van der Waals surface area (Å²) < 4.78 is 1.69. The number of carbonyl (C=O) groups excluding carboxylic acids is 1. The van der Waals surface area contributed by atoms with Gasteiger partial charge in [-0.25, -0.2) is 4.68 Å². The number of hydrogen-bond acceptors (Lipinski definition) is 4. The molecule has 0 aliphatic carbocycles. The second-order valence-electron chi connectivity index (χ2n) is 6.05. The number of hydrogen-bond donors (Lipinski definition) is 2. The lowest BCUT2D eigenvalue weighted by molar-refractivity contribution is -0.115. The fraction of sp³-hybridized carbons (Fsp3) is 0.105. The van der Waals surface area contributed by atoms with E-state index in [2.05, 4.69) is 15.4 Å². The van der Waals surface area contributed by atoms with Gasteiger partial charge >= 0.3 is 0 Å². The number of halogens is 1. The normalized spacial score (nSPS) is 16.2. The molecule has 1 aliphatic rings. The predicted molar refractivity (Wildman–Crippen MR) is 101 cm³/mol. The summed E-state index contributed by atoms with van der Waals surface area (Å²) >= 11 is 6.01. The molecule has 6 nitrogen and oxygen atoms in total. The van der Waals surface area contributed by atoms with E-state index in [1.165, 1.54) is 0 Å². The van der Waals surface area contributed by atoms with Gasteiger partial charge in [-0.05, 0) is 24.6 Å². The topological polar surface area (TPSA) is 85.8 Å². The summed E-state index contributed by atoms with van der Waals surface area (Å²) in [6, 6.07) is 16.5. The molecular formula is C19H16ClN5O. The Morgan fingerprint density at radius 2 is 1.85 bits per heavy atom. The number of rotatable bonds is 3. The van der Waals surface area contributed by atoms with Crippen molar-refractivity contribution in [2.75, 3.05) is 5.32 Å². The number of primary amides is 1. The molecule has 2 heterocycles. The van der Waals surface area contributed by atoms with E-state index in [1.54, 1.807) is 16.8 Å². The molecule has 4 rings (SSSR count). The molecule has 0 saturated carbocycles. The Balaban J connectivity index is 1.88. The third kappa shape index (κ3) is 2.74. The Labute approximate surface area is 155 Å². The van der Waals surface area contributed by atoms with Gasteiger partial charge in [-0.1, -0.05) is 54.1 Å². The minimum absolute atomic E-state index is 0.448. The van der Waals surface area contributed by atoms with Gasteiger partial charge in [-0.2, -0.15) is 4.98 Å². The van der Waals surface area contributed by atoms with Crippen LogP contribution in [0.15, 0.2) is 65.9 Å². The lowest BCUT2D eigenvalue weighted by Crippen LogP contribution is -2.31. The zero-order valence-corrected chi connectivity index (χ0v) is 14.7. The van der Waals surface area contributed by atoms with E-state index in [-0.39, 0.29) is 0 Å². The van der Waals surface area contributed by atoms with E-state index < -0.39 is 11.9 Å². The molecule has 3 aromatic rings. The Bertz CT molecular complexity index is 1010. The van der Waals surface area contributed by atoms with Crippen LogP contribution in [0.3, 0.4) is 0 Å². The summed E-state index contributed by atoms with van der Waals surface area (Å²) in [6.45, 7) is 1.81. The fourth-order valence-corrected chi connectivity index (χ4v) is 3.26. The van der Waals surface area contributed by atoms with Crippen LogP contribution in [0.25, 0.3) is 11.4 Å². The van der Waals surface area contributed by atoms with Crippen molar-refractivity contribution in [2.45, 2.75) is 13.0 Å². The number of fused-ring (bicyclic) bond motifs is 1. The van der Waals surface area contributed by atoms with Gasteiger partial charge in [0.05, 0.1) is 5.57 Å². The van der Waals surface area contributed by atoms with Gasteiger partial charge in [0.2, 0.25) is 11.9 Å². The van der Waals surface area contributed by atoms with E-state index in [1.807, 2.05) is 49.4 Å². The number of amides is 1. The molecule has 1 amide bonds. The van der Waals surface area contributed by atoms with Gasteiger partial charge in [-0.3, -0.25) is 4.79 Å². The Morgan fingerprint density at radius 1 is 1.15 bits per heavy atom. The van der Waals surface area contributed by atoms with E-state index in [4.69, 9.17) is 17.3 Å². The predicted octanol–water partition coefficient (Wildman–Crippen LogP) is 3.37. The zero-order valence-electron chi connectivity index (χ0n) is 14.0. The van der Waals surface area contributed by atoms with E-state index >= 15 is 0 Å². The average Bonchev–Trinajstić information content (AvgIpc) is 3.05. The number of benzene rings is 2. The number of anilines is 1. The standard InChI is InChI=1S/C19H16ClN5O/c1-11-15(17(21)26)16(12-7-9-14(20)10-8-12)25-19(22-11)23-18(24-25)13-5-3-2-4-6-13/h2-10,16H,1H3,(H2,21,26)(H,22,23,24). The lowest BCUT2D eigenvalue weighted by Gasteiger charge is -2.27. The van der Waals surface area contributed by atoms with Crippen LogP contribution in [0, 0.1) is 0 Å². The fourth-order valence-electron chi connectivity index (χ4n) is 3.13. The summed E-state index contributed by atoms with van der Waals surface area (Å²) in [7, 11) is 0. The maximum absolute atomic E-state index is 12.1. The highest BCUT2D eigenvalue weighted by Crippen LogP contribution is 2.36. The highest BCUT2D eigenvalue weighted by molar-refractivity contribution is 6.30. The second-order valence-corrected chi connectivity index (χ2v) is 6.49. The molecule has 2 aromatic carbocycles. The number of nitrogens with one attached hydrogen (secondary N) is 1. The third-order valence-electron chi connectivity index (χ3n) is 4.34. The Kier molecular flexibility index (Phi) is 3.97. The molecule has 26 heavy (non-hydrogen) atoms. The minimum Gasteiger partial charge on any atom is -0.366 e. The van der Waals surface area contributed by atoms with Crippen molar-refractivity contribution in [3.8, 4) is 11.4 Å². The van der Waals surface area contributed by atoms with Crippen molar-refractivity contribution in [1.82, 2.24) is 14.8 Å². The van der Waals surface area contributed by atoms with Gasteiger partial charge in [0.15, 0.2) is 5.82 Å². The summed E-state index contributed by atoms with van der Waals surface area (Å²) in [5, 5.41) is 8.39. The smallest absolute Gasteiger partial charge is 0.248 e. The molecule has 0 radical (unpaired) electrons. The molecule has 1 unspecified atom stereocenters. The first-order chi connectivity index (χ1) is 12.5. The van der Waals surface area contributed by atoms with Crippen LogP contribution in [0.4, 0.5) is 5.95 Å². The number of carbonyl (C=O) groups is 1. The highest BCUT2D eigenvalue weighted by Gasteiger charge is 2.33. The molecule has 7 heteroatoms. The molecule has 0 spiro atoms. The average molecular weight is 366 g/mol.